The van der Waals surface area contributed by atoms with Gasteiger partial charge in [0, 0.05) is 37.3 Å². The molecule has 222 valence electrons. The lowest BCUT2D eigenvalue weighted by atomic mass is 10.0. The number of benzene rings is 7. The van der Waals surface area contributed by atoms with Crippen molar-refractivity contribution < 1.29 is 4.42 Å². The molecule has 3 heteroatoms. The Bertz CT molecular complexity index is 2500. The van der Waals surface area contributed by atoms with Crippen LogP contribution in [0.3, 0.4) is 0 Å². The molecule has 2 aromatic heterocycles. The molecule has 0 atom stereocenters. The van der Waals surface area contributed by atoms with E-state index >= 15 is 0 Å². The van der Waals surface area contributed by atoms with Crippen molar-refractivity contribution in [3.8, 4) is 32.0 Å². The first-order chi connectivity index (χ1) is 23.3. The summed E-state index contributed by atoms with van der Waals surface area (Å²) in [7, 11) is 0. The standard InChI is InChI=1S/C44H29NOS/c1-2-10-32(11-3-1)43-27-28-44(47-43)33-19-24-36(25-20-33)45(40-15-8-12-31-9-4-5-13-37(31)40)35-22-17-30(18-23-35)34-21-26-42-39(29-34)38-14-6-7-16-41(38)46-42/h1-29H. The summed E-state index contributed by atoms with van der Waals surface area (Å²) in [6.45, 7) is 0. The summed E-state index contributed by atoms with van der Waals surface area (Å²) in [6, 6.07) is 62.8. The molecule has 9 aromatic rings. The molecular formula is C44H29NOS. The van der Waals surface area contributed by atoms with Gasteiger partial charge < -0.3 is 9.32 Å². The van der Waals surface area contributed by atoms with Crippen molar-refractivity contribution in [3.05, 3.63) is 176 Å². The maximum Gasteiger partial charge on any atom is 0.135 e. The molecule has 0 spiro atoms. The molecule has 0 amide bonds. The third kappa shape index (κ3) is 4.98. The van der Waals surface area contributed by atoms with Gasteiger partial charge in [-0.05, 0) is 88.3 Å². The van der Waals surface area contributed by atoms with Crippen LogP contribution in [0, 0.1) is 0 Å². The van der Waals surface area contributed by atoms with Gasteiger partial charge in [-0.2, -0.15) is 0 Å². The summed E-state index contributed by atoms with van der Waals surface area (Å²) >= 11 is 1.83. The second-order valence-corrected chi connectivity index (χ2v) is 12.9. The highest BCUT2D eigenvalue weighted by atomic mass is 32.1. The normalized spacial score (nSPS) is 11.4. The van der Waals surface area contributed by atoms with E-state index in [4.69, 9.17) is 4.42 Å². The first-order valence-electron chi connectivity index (χ1n) is 15.8. The molecule has 2 nitrogen and oxygen atoms in total. The van der Waals surface area contributed by atoms with E-state index in [1.807, 2.05) is 23.5 Å². The Morgan fingerprint density at radius 3 is 1.72 bits per heavy atom. The van der Waals surface area contributed by atoms with E-state index in [1.165, 1.54) is 42.8 Å². The van der Waals surface area contributed by atoms with Gasteiger partial charge >= 0.3 is 0 Å². The maximum atomic E-state index is 6.08. The fourth-order valence-electron chi connectivity index (χ4n) is 6.56. The van der Waals surface area contributed by atoms with Gasteiger partial charge in [-0.3, -0.25) is 0 Å². The molecule has 9 rings (SSSR count). The number of nitrogens with zero attached hydrogens (tertiary/aromatic N) is 1. The lowest BCUT2D eigenvalue weighted by Crippen LogP contribution is -2.10. The average Bonchev–Trinajstić information content (AvgIpc) is 3.78. The van der Waals surface area contributed by atoms with Crippen molar-refractivity contribution in [3.63, 3.8) is 0 Å². The van der Waals surface area contributed by atoms with Crippen LogP contribution in [0.25, 0.3) is 64.7 Å². The molecule has 0 saturated heterocycles. The van der Waals surface area contributed by atoms with E-state index in [9.17, 15) is 0 Å². The Labute approximate surface area is 277 Å². The zero-order valence-corrected chi connectivity index (χ0v) is 26.3. The Balaban J connectivity index is 1.10. The number of thiophene rings is 1. The predicted molar refractivity (Wildman–Crippen MR) is 200 cm³/mol. The van der Waals surface area contributed by atoms with Gasteiger partial charge in [0.2, 0.25) is 0 Å². The van der Waals surface area contributed by atoms with E-state index in [-0.39, 0.29) is 0 Å². The number of fused-ring (bicyclic) bond motifs is 4. The van der Waals surface area contributed by atoms with Crippen LogP contribution in [-0.2, 0) is 0 Å². The fraction of sp³-hybridized carbons (Fsp3) is 0. The van der Waals surface area contributed by atoms with Crippen LogP contribution in [0.2, 0.25) is 0 Å². The van der Waals surface area contributed by atoms with Crippen LogP contribution in [0.15, 0.2) is 180 Å². The van der Waals surface area contributed by atoms with Crippen molar-refractivity contribution in [2.75, 3.05) is 4.90 Å². The SMILES string of the molecule is c1ccc(-c2ccc(-c3ccc(N(c4ccc(-c5ccc6oc7ccccc7c6c5)cc4)c4cccc5ccccc45)cc3)s2)cc1. The summed E-state index contributed by atoms with van der Waals surface area (Å²) in [6.07, 6.45) is 0. The van der Waals surface area contributed by atoms with Crippen LogP contribution in [-0.4, -0.2) is 0 Å². The third-order valence-corrected chi connectivity index (χ3v) is 10.1. The van der Waals surface area contributed by atoms with Crippen LogP contribution < -0.4 is 4.90 Å². The van der Waals surface area contributed by atoms with Gasteiger partial charge in [0.05, 0.1) is 5.69 Å². The predicted octanol–water partition coefficient (Wildman–Crippen LogP) is 13.3. The van der Waals surface area contributed by atoms with Gasteiger partial charge in [0.25, 0.3) is 0 Å². The topological polar surface area (TPSA) is 16.4 Å². The summed E-state index contributed by atoms with van der Waals surface area (Å²) in [5, 5.41) is 4.72. The van der Waals surface area contributed by atoms with E-state index in [2.05, 4.69) is 169 Å². The Morgan fingerprint density at radius 1 is 0.383 bits per heavy atom. The van der Waals surface area contributed by atoms with E-state index < -0.39 is 0 Å². The summed E-state index contributed by atoms with van der Waals surface area (Å²) in [4.78, 5) is 4.91. The molecule has 2 heterocycles. The zero-order valence-electron chi connectivity index (χ0n) is 25.5. The van der Waals surface area contributed by atoms with Gasteiger partial charge in [-0.25, -0.2) is 0 Å². The molecular weight excluding hydrogens is 591 g/mol. The molecule has 0 aliphatic rings. The van der Waals surface area contributed by atoms with Gasteiger partial charge in [0.1, 0.15) is 11.2 Å². The van der Waals surface area contributed by atoms with Crippen LogP contribution in [0.4, 0.5) is 17.1 Å². The minimum atomic E-state index is 0.913. The Morgan fingerprint density at radius 2 is 0.957 bits per heavy atom. The summed E-state index contributed by atoms with van der Waals surface area (Å²) in [5.74, 6) is 0. The first-order valence-corrected chi connectivity index (χ1v) is 16.7. The van der Waals surface area contributed by atoms with Crippen molar-refractivity contribution in [1.29, 1.82) is 0 Å². The quantitative estimate of drug-likeness (QED) is 0.184. The van der Waals surface area contributed by atoms with Crippen molar-refractivity contribution in [1.82, 2.24) is 0 Å². The molecule has 0 radical (unpaired) electrons. The fourth-order valence-corrected chi connectivity index (χ4v) is 7.58. The van der Waals surface area contributed by atoms with Crippen molar-refractivity contribution in [2.24, 2.45) is 0 Å². The third-order valence-electron chi connectivity index (χ3n) is 8.92. The molecule has 0 fully saturated rings. The highest BCUT2D eigenvalue weighted by Gasteiger charge is 2.16. The van der Waals surface area contributed by atoms with E-state index in [0.717, 1.165) is 39.0 Å². The minimum absolute atomic E-state index is 0.913. The highest BCUT2D eigenvalue weighted by molar-refractivity contribution is 7.18. The second-order valence-electron chi connectivity index (χ2n) is 11.8. The summed E-state index contributed by atoms with van der Waals surface area (Å²) < 4.78 is 6.08. The van der Waals surface area contributed by atoms with Gasteiger partial charge in [-0.15, -0.1) is 11.3 Å². The Kier molecular flexibility index (Phi) is 6.69. The number of rotatable bonds is 6. The van der Waals surface area contributed by atoms with E-state index in [1.54, 1.807) is 0 Å². The number of anilines is 3. The number of furan rings is 1. The first kappa shape index (κ1) is 27.4. The average molecular weight is 620 g/mol. The van der Waals surface area contributed by atoms with Crippen molar-refractivity contribution >= 4 is 61.1 Å². The molecule has 0 N–H and O–H groups in total. The van der Waals surface area contributed by atoms with Gasteiger partial charge in [-0.1, -0.05) is 115 Å². The number of hydrogen-bond donors (Lipinski definition) is 0. The second kappa shape index (κ2) is 11.5. The minimum Gasteiger partial charge on any atom is -0.456 e. The molecule has 0 saturated carbocycles. The smallest absolute Gasteiger partial charge is 0.135 e. The molecule has 0 aliphatic carbocycles. The lowest BCUT2D eigenvalue weighted by Gasteiger charge is -2.27. The number of para-hydroxylation sites is 1. The van der Waals surface area contributed by atoms with Gasteiger partial charge in [0.15, 0.2) is 0 Å². The van der Waals surface area contributed by atoms with Crippen LogP contribution in [0.5, 0.6) is 0 Å². The molecule has 47 heavy (non-hydrogen) atoms. The van der Waals surface area contributed by atoms with Crippen molar-refractivity contribution in [2.45, 2.75) is 0 Å². The Hall–Kier alpha value is -5.90. The largest absolute Gasteiger partial charge is 0.456 e. The maximum absolute atomic E-state index is 6.08. The number of hydrogen-bond acceptors (Lipinski definition) is 3. The zero-order chi connectivity index (χ0) is 31.2. The highest BCUT2D eigenvalue weighted by Crippen LogP contribution is 2.41. The lowest BCUT2D eigenvalue weighted by molar-refractivity contribution is 0.669. The molecule has 0 bridgehead atoms. The van der Waals surface area contributed by atoms with Crippen LogP contribution >= 0.6 is 11.3 Å². The van der Waals surface area contributed by atoms with Crippen LogP contribution in [0.1, 0.15) is 0 Å². The molecule has 7 aromatic carbocycles. The molecule has 0 aliphatic heterocycles. The molecule has 0 unspecified atom stereocenters. The summed E-state index contributed by atoms with van der Waals surface area (Å²) in [5.41, 5.74) is 10.0. The monoisotopic (exact) mass is 619 g/mol. The van der Waals surface area contributed by atoms with E-state index in [0.29, 0.717) is 0 Å².